The molecule has 0 radical (unpaired) electrons. The zero-order valence-electron chi connectivity index (χ0n) is 12.5. The zero-order chi connectivity index (χ0) is 17.5. The molecule has 0 fully saturated rings. The van der Waals surface area contributed by atoms with Crippen molar-refractivity contribution >= 4 is 39.0 Å². The van der Waals surface area contributed by atoms with E-state index < -0.39 is 17.8 Å². The Morgan fingerprint density at radius 1 is 1.29 bits per heavy atom. The molecule has 2 aromatic rings. The average molecular weight is 422 g/mol. The summed E-state index contributed by atoms with van der Waals surface area (Å²) in [7, 11) is 0. The predicted octanol–water partition coefficient (Wildman–Crippen LogP) is 4.90. The largest absolute Gasteiger partial charge is 0.416 e. The van der Waals surface area contributed by atoms with Gasteiger partial charge in [0, 0.05) is 24.2 Å². The molecule has 1 N–H and O–H groups in total. The molecule has 1 aliphatic heterocycles. The van der Waals surface area contributed by atoms with E-state index in [1.54, 1.807) is 13.0 Å². The number of nitrogens with one attached hydrogen (secondary N) is 1. The SMILES string of the molecule is CC(c1cc(Cl)ccc1C(F)(F)F)N1CCNc2nnc(Br)cc21. The summed E-state index contributed by atoms with van der Waals surface area (Å²) in [5, 5.41) is 11.3. The molecule has 2 heterocycles. The molecule has 0 spiro atoms. The Balaban J connectivity index is 2.07. The fraction of sp³-hybridized carbons (Fsp3) is 0.333. The van der Waals surface area contributed by atoms with Crippen molar-refractivity contribution in [3.05, 3.63) is 45.0 Å². The molecule has 4 nitrogen and oxygen atoms in total. The molecule has 24 heavy (non-hydrogen) atoms. The van der Waals surface area contributed by atoms with Crippen LogP contribution >= 0.6 is 27.5 Å². The van der Waals surface area contributed by atoms with E-state index in [1.807, 2.05) is 4.90 Å². The second-order valence-electron chi connectivity index (χ2n) is 5.43. The highest BCUT2D eigenvalue weighted by molar-refractivity contribution is 9.10. The third kappa shape index (κ3) is 3.30. The van der Waals surface area contributed by atoms with Crippen LogP contribution in [-0.4, -0.2) is 23.3 Å². The van der Waals surface area contributed by atoms with Gasteiger partial charge in [-0.3, -0.25) is 0 Å². The maximum atomic E-state index is 13.4. The van der Waals surface area contributed by atoms with E-state index >= 15 is 0 Å². The Bertz CT molecular complexity index is 769. The van der Waals surface area contributed by atoms with Crippen LogP contribution in [0.1, 0.15) is 24.1 Å². The van der Waals surface area contributed by atoms with Gasteiger partial charge in [0.1, 0.15) is 4.60 Å². The summed E-state index contributed by atoms with van der Waals surface area (Å²) >= 11 is 9.20. The van der Waals surface area contributed by atoms with Crippen LogP contribution in [0.3, 0.4) is 0 Å². The molecule has 0 bridgehead atoms. The van der Waals surface area contributed by atoms with E-state index in [9.17, 15) is 13.2 Å². The van der Waals surface area contributed by atoms with Gasteiger partial charge in [0.25, 0.3) is 0 Å². The third-order valence-electron chi connectivity index (χ3n) is 3.94. The van der Waals surface area contributed by atoms with E-state index in [-0.39, 0.29) is 10.6 Å². The number of alkyl halides is 3. The number of halogens is 5. The Kier molecular flexibility index (Phi) is 4.61. The molecule has 0 amide bonds. The van der Waals surface area contributed by atoms with Gasteiger partial charge >= 0.3 is 6.18 Å². The van der Waals surface area contributed by atoms with E-state index in [0.29, 0.717) is 29.2 Å². The quantitative estimate of drug-likeness (QED) is 0.748. The minimum absolute atomic E-state index is 0.135. The number of hydrogen-bond donors (Lipinski definition) is 1. The lowest BCUT2D eigenvalue weighted by Gasteiger charge is -2.37. The van der Waals surface area contributed by atoms with Crippen molar-refractivity contribution in [3.8, 4) is 0 Å². The lowest BCUT2D eigenvalue weighted by molar-refractivity contribution is -0.138. The maximum absolute atomic E-state index is 13.4. The van der Waals surface area contributed by atoms with Gasteiger partial charge in [-0.1, -0.05) is 11.6 Å². The highest BCUT2D eigenvalue weighted by Gasteiger charge is 2.36. The van der Waals surface area contributed by atoms with Gasteiger partial charge in [0.15, 0.2) is 5.82 Å². The molecule has 128 valence electrons. The van der Waals surface area contributed by atoms with Crippen LogP contribution in [0.25, 0.3) is 0 Å². The maximum Gasteiger partial charge on any atom is 0.416 e. The molecular formula is C15H13BrClF3N4. The zero-order valence-corrected chi connectivity index (χ0v) is 14.9. The Morgan fingerprint density at radius 3 is 2.75 bits per heavy atom. The van der Waals surface area contributed by atoms with Crippen LogP contribution in [0.5, 0.6) is 0 Å². The van der Waals surface area contributed by atoms with Crippen LogP contribution in [-0.2, 0) is 6.18 Å². The predicted molar refractivity (Wildman–Crippen MR) is 90.4 cm³/mol. The Hall–Kier alpha value is -1.54. The normalized spacial score (nSPS) is 15.7. The first-order valence-electron chi connectivity index (χ1n) is 7.18. The van der Waals surface area contributed by atoms with Gasteiger partial charge in [-0.2, -0.15) is 13.2 Å². The first-order chi connectivity index (χ1) is 11.3. The van der Waals surface area contributed by atoms with Gasteiger partial charge in [0.05, 0.1) is 17.3 Å². The van der Waals surface area contributed by atoms with Crippen molar-refractivity contribution in [2.45, 2.75) is 19.1 Å². The molecule has 3 rings (SSSR count). The van der Waals surface area contributed by atoms with Gasteiger partial charge in [-0.05, 0) is 46.6 Å². The highest BCUT2D eigenvalue weighted by Crippen LogP contribution is 2.40. The summed E-state index contributed by atoms with van der Waals surface area (Å²) in [5.74, 6) is 0.548. The first kappa shape index (κ1) is 17.3. The van der Waals surface area contributed by atoms with Crippen molar-refractivity contribution in [3.63, 3.8) is 0 Å². The summed E-state index contributed by atoms with van der Waals surface area (Å²) in [5.41, 5.74) is 0.153. The Morgan fingerprint density at radius 2 is 2.04 bits per heavy atom. The number of hydrogen-bond acceptors (Lipinski definition) is 4. The van der Waals surface area contributed by atoms with Crippen LogP contribution < -0.4 is 10.2 Å². The van der Waals surface area contributed by atoms with Crippen LogP contribution in [0.2, 0.25) is 5.02 Å². The van der Waals surface area contributed by atoms with Crippen molar-refractivity contribution in [1.29, 1.82) is 0 Å². The van der Waals surface area contributed by atoms with E-state index in [4.69, 9.17) is 11.6 Å². The first-order valence-corrected chi connectivity index (χ1v) is 8.35. The lowest BCUT2D eigenvalue weighted by atomic mass is 9.99. The van der Waals surface area contributed by atoms with Crippen molar-refractivity contribution in [2.75, 3.05) is 23.3 Å². The molecular weight excluding hydrogens is 409 g/mol. The summed E-state index contributed by atoms with van der Waals surface area (Å²) in [6.07, 6.45) is -4.44. The second-order valence-corrected chi connectivity index (χ2v) is 6.68. The van der Waals surface area contributed by atoms with E-state index in [2.05, 4.69) is 31.4 Å². The molecule has 1 atom stereocenters. The number of rotatable bonds is 2. The van der Waals surface area contributed by atoms with Gasteiger partial charge in [0.2, 0.25) is 0 Å². The molecule has 0 aliphatic carbocycles. The van der Waals surface area contributed by atoms with Gasteiger partial charge in [-0.15, -0.1) is 10.2 Å². The van der Waals surface area contributed by atoms with E-state index in [0.717, 1.165) is 6.07 Å². The number of aromatic nitrogens is 2. The summed E-state index contributed by atoms with van der Waals surface area (Å²) in [6.45, 7) is 2.83. The fourth-order valence-corrected chi connectivity index (χ4v) is 3.30. The fourth-order valence-electron chi connectivity index (χ4n) is 2.83. The van der Waals surface area contributed by atoms with Gasteiger partial charge in [-0.25, -0.2) is 0 Å². The molecule has 1 aliphatic rings. The van der Waals surface area contributed by atoms with Crippen molar-refractivity contribution in [2.24, 2.45) is 0 Å². The topological polar surface area (TPSA) is 41.0 Å². The standard InChI is InChI=1S/C15H13BrClF3N4/c1-8(10-6-9(17)2-3-11(10)15(18,19)20)24-5-4-21-14-12(24)7-13(16)22-23-14/h2-3,6-8H,4-5H2,1H3,(H,21,23). The molecule has 1 aromatic heterocycles. The van der Waals surface area contributed by atoms with E-state index in [1.165, 1.54) is 12.1 Å². The lowest BCUT2D eigenvalue weighted by Crippen LogP contribution is -2.37. The minimum Gasteiger partial charge on any atom is -0.365 e. The summed E-state index contributed by atoms with van der Waals surface area (Å²) in [4.78, 5) is 1.87. The number of nitrogens with zero attached hydrogens (tertiary/aromatic N) is 3. The molecule has 0 saturated carbocycles. The molecule has 1 unspecified atom stereocenters. The van der Waals surface area contributed by atoms with Crippen LogP contribution in [0, 0.1) is 0 Å². The molecule has 9 heteroatoms. The smallest absolute Gasteiger partial charge is 0.365 e. The monoisotopic (exact) mass is 420 g/mol. The summed E-state index contributed by atoms with van der Waals surface area (Å²) < 4.78 is 40.6. The number of anilines is 2. The Labute approximate surface area is 150 Å². The third-order valence-corrected chi connectivity index (χ3v) is 4.56. The van der Waals surface area contributed by atoms with Crippen LogP contribution in [0.15, 0.2) is 28.9 Å². The van der Waals surface area contributed by atoms with Crippen molar-refractivity contribution in [1.82, 2.24) is 10.2 Å². The minimum atomic E-state index is -4.44. The second kappa shape index (κ2) is 6.40. The number of fused-ring (bicyclic) bond motifs is 1. The molecule has 0 saturated heterocycles. The van der Waals surface area contributed by atoms with Gasteiger partial charge < -0.3 is 10.2 Å². The van der Waals surface area contributed by atoms with Crippen molar-refractivity contribution < 1.29 is 13.2 Å². The van der Waals surface area contributed by atoms with Crippen LogP contribution in [0.4, 0.5) is 24.7 Å². The highest BCUT2D eigenvalue weighted by atomic mass is 79.9. The number of benzene rings is 1. The summed E-state index contributed by atoms with van der Waals surface area (Å²) in [6, 6.07) is 4.87. The molecule has 1 aromatic carbocycles. The average Bonchev–Trinajstić information content (AvgIpc) is 2.52.